The lowest BCUT2D eigenvalue weighted by Crippen LogP contribution is -1.83. The van der Waals surface area contributed by atoms with Gasteiger partial charge in [0.05, 0.1) is 21.8 Å². The topological polar surface area (TPSA) is 25.8 Å². The summed E-state index contributed by atoms with van der Waals surface area (Å²) in [5.41, 5.74) is 4.84. The second kappa shape index (κ2) is 6.22. The smallest absolute Gasteiger partial charge is 0.136 e. The maximum atomic E-state index is 13.4. The van der Waals surface area contributed by atoms with Gasteiger partial charge >= 0.3 is 0 Å². The van der Waals surface area contributed by atoms with Crippen LogP contribution in [0, 0.1) is 11.6 Å². The van der Waals surface area contributed by atoms with E-state index in [0.717, 1.165) is 32.4 Å². The largest absolute Gasteiger partial charge is 0.244 e. The zero-order chi connectivity index (χ0) is 16.5. The van der Waals surface area contributed by atoms with Crippen LogP contribution in [0.15, 0.2) is 59.4 Å². The second-order valence-corrected chi connectivity index (χ2v) is 6.80. The molecular weight excluding hydrogens is 346 g/mol. The second-order valence-electron chi connectivity index (χ2n) is 5.09. The van der Waals surface area contributed by atoms with Crippen LogP contribution < -0.4 is 0 Å². The fraction of sp³-hybridized carbons (Fsp3) is 0. The number of hydrogen-bond donors (Lipinski definition) is 0. The van der Waals surface area contributed by atoms with Crippen molar-refractivity contribution in [1.29, 1.82) is 0 Å². The molecule has 0 saturated carbocycles. The van der Waals surface area contributed by atoms with Gasteiger partial charge in [-0.1, -0.05) is 12.1 Å². The summed E-state index contributed by atoms with van der Waals surface area (Å²) in [4.78, 5) is 9.93. The van der Waals surface area contributed by atoms with E-state index in [1.54, 1.807) is 23.7 Å². The van der Waals surface area contributed by atoms with Crippen LogP contribution in [0.25, 0.3) is 32.4 Å². The van der Waals surface area contributed by atoms with Crippen LogP contribution in [-0.2, 0) is 0 Å². The van der Waals surface area contributed by atoms with Crippen molar-refractivity contribution >= 4 is 22.7 Å². The van der Waals surface area contributed by atoms with Crippen molar-refractivity contribution in [2.45, 2.75) is 0 Å². The first kappa shape index (κ1) is 15.1. The lowest BCUT2D eigenvalue weighted by atomic mass is 10.1. The lowest BCUT2D eigenvalue weighted by molar-refractivity contribution is 0.627. The van der Waals surface area contributed by atoms with Gasteiger partial charge in [0.25, 0.3) is 0 Å². The summed E-state index contributed by atoms with van der Waals surface area (Å²) in [5, 5.41) is 2.72. The summed E-state index contributed by atoms with van der Waals surface area (Å²) in [7, 11) is 0. The fourth-order valence-corrected chi connectivity index (χ4v) is 4.12. The molecule has 6 heteroatoms. The summed E-state index contributed by atoms with van der Waals surface area (Å²) in [5.74, 6) is -0.565. The van der Waals surface area contributed by atoms with E-state index in [9.17, 15) is 8.78 Å². The van der Waals surface area contributed by atoms with Crippen molar-refractivity contribution in [3.8, 4) is 32.4 Å². The molecule has 118 valence electrons. The van der Waals surface area contributed by atoms with Gasteiger partial charge in [0, 0.05) is 16.5 Å². The Hall–Kier alpha value is -2.44. The molecule has 0 atom stereocenters. The van der Waals surface area contributed by atoms with Crippen LogP contribution in [0.1, 0.15) is 0 Å². The summed E-state index contributed by atoms with van der Waals surface area (Å²) in [6.07, 6.45) is 0. The number of hydrogen-bond acceptors (Lipinski definition) is 4. The lowest BCUT2D eigenvalue weighted by Gasteiger charge is -2.00. The highest BCUT2D eigenvalue weighted by molar-refractivity contribution is 7.20. The van der Waals surface area contributed by atoms with Gasteiger partial charge < -0.3 is 0 Å². The molecule has 0 amide bonds. The van der Waals surface area contributed by atoms with Gasteiger partial charge in [0.15, 0.2) is 0 Å². The third-order valence-corrected chi connectivity index (χ3v) is 5.33. The molecule has 0 bridgehead atoms. The molecule has 0 spiro atoms. The molecule has 0 aliphatic heterocycles. The first-order valence-electron chi connectivity index (χ1n) is 7.12. The van der Waals surface area contributed by atoms with E-state index >= 15 is 0 Å². The van der Waals surface area contributed by atoms with Crippen LogP contribution in [-0.4, -0.2) is 9.97 Å². The third kappa shape index (κ3) is 2.86. The molecule has 0 fully saturated rings. The molecule has 2 nitrogen and oxygen atoms in total. The Balaban J connectivity index is 1.74. The van der Waals surface area contributed by atoms with Gasteiger partial charge in [0.1, 0.15) is 16.6 Å². The number of nitrogens with zero attached hydrogens (tertiary/aromatic N) is 2. The van der Waals surface area contributed by atoms with Gasteiger partial charge in [-0.25, -0.2) is 18.7 Å². The van der Waals surface area contributed by atoms with Crippen molar-refractivity contribution in [3.05, 3.63) is 71.1 Å². The Morgan fingerprint density at radius 3 is 2.46 bits per heavy atom. The van der Waals surface area contributed by atoms with Gasteiger partial charge in [0.2, 0.25) is 0 Å². The van der Waals surface area contributed by atoms with Crippen molar-refractivity contribution in [2.24, 2.45) is 0 Å². The van der Waals surface area contributed by atoms with Crippen molar-refractivity contribution in [3.63, 3.8) is 0 Å². The van der Waals surface area contributed by atoms with E-state index in [1.165, 1.54) is 46.9 Å². The minimum atomic E-state index is -0.285. The third-order valence-electron chi connectivity index (χ3n) is 3.50. The Morgan fingerprint density at radius 2 is 1.67 bits per heavy atom. The summed E-state index contributed by atoms with van der Waals surface area (Å²) in [6.45, 7) is 0. The zero-order valence-corrected chi connectivity index (χ0v) is 13.9. The fourth-order valence-electron chi connectivity index (χ4n) is 2.37. The quantitative estimate of drug-likeness (QED) is 0.458. The highest BCUT2D eigenvalue weighted by Gasteiger charge is 2.15. The number of halogens is 2. The van der Waals surface area contributed by atoms with E-state index < -0.39 is 0 Å². The van der Waals surface area contributed by atoms with Crippen LogP contribution in [0.2, 0.25) is 0 Å². The highest BCUT2D eigenvalue weighted by atomic mass is 32.1. The number of thiazole rings is 2. The van der Waals surface area contributed by atoms with Crippen molar-refractivity contribution < 1.29 is 8.78 Å². The van der Waals surface area contributed by atoms with Crippen LogP contribution in [0.5, 0.6) is 0 Å². The molecule has 4 rings (SSSR count). The first-order valence-corrected chi connectivity index (χ1v) is 8.88. The molecule has 0 saturated heterocycles. The molecular formula is C18H10F2N2S2. The number of aromatic nitrogens is 2. The highest BCUT2D eigenvalue weighted by Crippen LogP contribution is 2.37. The van der Waals surface area contributed by atoms with Gasteiger partial charge in [-0.2, -0.15) is 0 Å². The summed E-state index contributed by atoms with van der Waals surface area (Å²) < 4.78 is 26.5. The van der Waals surface area contributed by atoms with E-state index in [2.05, 4.69) is 9.97 Å². The van der Waals surface area contributed by atoms with E-state index in [-0.39, 0.29) is 11.6 Å². The molecule has 2 aromatic carbocycles. The average Bonchev–Trinajstić information content (AvgIpc) is 3.24. The van der Waals surface area contributed by atoms with Crippen LogP contribution >= 0.6 is 22.7 Å². The van der Waals surface area contributed by atoms with Crippen molar-refractivity contribution in [1.82, 2.24) is 9.97 Å². The minimum Gasteiger partial charge on any atom is -0.244 e. The zero-order valence-electron chi connectivity index (χ0n) is 12.2. The molecule has 0 aliphatic carbocycles. The van der Waals surface area contributed by atoms with E-state index in [0.29, 0.717) is 0 Å². The van der Waals surface area contributed by atoms with Crippen LogP contribution in [0.4, 0.5) is 8.78 Å². The average molecular weight is 356 g/mol. The maximum absolute atomic E-state index is 13.4. The molecule has 0 N–H and O–H groups in total. The molecule has 2 heterocycles. The molecule has 0 aliphatic rings. The first-order chi connectivity index (χ1) is 11.7. The summed E-state index contributed by atoms with van der Waals surface area (Å²) in [6, 6.07) is 12.6. The molecule has 24 heavy (non-hydrogen) atoms. The Morgan fingerprint density at radius 1 is 0.833 bits per heavy atom. The predicted octanol–water partition coefficient (Wildman–Crippen LogP) is 5.88. The Labute approximate surface area is 145 Å². The number of rotatable bonds is 3. The SMILES string of the molecule is Fc1ccc(-c2ncsc2-c2nc(-c3cccc(F)c3)cs2)cc1. The van der Waals surface area contributed by atoms with Gasteiger partial charge in [-0.15, -0.1) is 22.7 Å². The molecule has 2 aromatic heterocycles. The van der Waals surface area contributed by atoms with Gasteiger partial charge in [-0.3, -0.25) is 0 Å². The normalized spacial score (nSPS) is 10.9. The molecule has 4 aromatic rings. The van der Waals surface area contributed by atoms with Gasteiger partial charge in [-0.05, 0) is 36.4 Å². The number of benzene rings is 2. The monoisotopic (exact) mass is 356 g/mol. The van der Waals surface area contributed by atoms with E-state index in [1.807, 2.05) is 11.4 Å². The Kier molecular flexibility index (Phi) is 3.92. The molecule has 0 radical (unpaired) electrons. The maximum Gasteiger partial charge on any atom is 0.136 e. The predicted molar refractivity (Wildman–Crippen MR) is 94.0 cm³/mol. The summed E-state index contributed by atoms with van der Waals surface area (Å²) >= 11 is 2.97. The minimum absolute atomic E-state index is 0.279. The van der Waals surface area contributed by atoms with Crippen LogP contribution in [0.3, 0.4) is 0 Å². The Bertz CT molecular complexity index is 990. The molecule has 0 unspecified atom stereocenters. The van der Waals surface area contributed by atoms with Crippen molar-refractivity contribution in [2.75, 3.05) is 0 Å². The standard InChI is InChI=1S/C18H10F2N2S2/c19-13-6-4-11(5-7-13)16-17(24-10-21-16)18-22-15(9-23-18)12-2-1-3-14(20)8-12/h1-10H. The van der Waals surface area contributed by atoms with E-state index in [4.69, 9.17) is 0 Å².